The number of para-hydroxylation sites is 2. The van der Waals surface area contributed by atoms with Crippen LogP contribution >= 0.6 is 0 Å². The van der Waals surface area contributed by atoms with Gasteiger partial charge in [-0.05, 0) is 50.6 Å². The zero-order chi connectivity index (χ0) is 15.0. The summed E-state index contributed by atoms with van der Waals surface area (Å²) in [5.41, 5.74) is 3.45. The highest BCUT2D eigenvalue weighted by Gasteiger charge is 2.36. The van der Waals surface area contributed by atoms with Crippen molar-refractivity contribution in [2.24, 2.45) is 0 Å². The van der Waals surface area contributed by atoms with Gasteiger partial charge in [0, 0.05) is 6.54 Å². The molecule has 0 N–H and O–H groups in total. The van der Waals surface area contributed by atoms with Crippen LogP contribution in [0.25, 0.3) is 0 Å². The molecule has 2 aromatic rings. The number of hydrogen-bond donors (Lipinski definition) is 0. The summed E-state index contributed by atoms with van der Waals surface area (Å²) in [6.07, 6.45) is 0. The first-order chi connectivity index (χ1) is 10.0. The average molecular weight is 284 g/mol. The molecule has 0 saturated carbocycles. The van der Waals surface area contributed by atoms with E-state index < -0.39 is 0 Å². The molecule has 0 bridgehead atoms. The van der Waals surface area contributed by atoms with Crippen molar-refractivity contribution in [3.63, 3.8) is 0 Å². The van der Waals surface area contributed by atoms with Crippen molar-refractivity contribution < 1.29 is 4.39 Å². The summed E-state index contributed by atoms with van der Waals surface area (Å²) in [5, 5.41) is 0. The van der Waals surface area contributed by atoms with Gasteiger partial charge in [-0.2, -0.15) is 0 Å². The second-order valence-electron chi connectivity index (χ2n) is 5.98. The van der Waals surface area contributed by atoms with Gasteiger partial charge in [0.05, 0.1) is 23.6 Å². The molecule has 21 heavy (non-hydrogen) atoms. The van der Waals surface area contributed by atoms with E-state index in [9.17, 15) is 4.39 Å². The minimum Gasteiger partial charge on any atom is -0.352 e. The molecule has 1 aliphatic rings. The Labute approximate surface area is 125 Å². The van der Waals surface area contributed by atoms with Crippen molar-refractivity contribution in [3.05, 3.63) is 59.9 Å². The zero-order valence-corrected chi connectivity index (χ0v) is 12.8. The number of benzene rings is 2. The second kappa shape index (κ2) is 5.06. The molecule has 0 aromatic heterocycles. The van der Waals surface area contributed by atoms with Gasteiger partial charge in [-0.1, -0.05) is 24.3 Å². The Kier molecular flexibility index (Phi) is 3.36. The third-order valence-electron chi connectivity index (χ3n) is 4.43. The number of anilines is 2. The lowest BCUT2D eigenvalue weighted by Gasteiger charge is -2.38. The molecule has 0 amide bonds. The molecule has 0 unspecified atom stereocenters. The Hall–Kier alpha value is -2.03. The molecular weight excluding hydrogens is 263 g/mol. The van der Waals surface area contributed by atoms with Crippen LogP contribution in [0, 0.1) is 5.82 Å². The van der Waals surface area contributed by atoms with E-state index in [1.807, 2.05) is 12.1 Å². The Bertz CT molecular complexity index is 634. The maximum atomic E-state index is 13.2. The summed E-state index contributed by atoms with van der Waals surface area (Å²) in [5.74, 6) is -0.188. The quantitative estimate of drug-likeness (QED) is 0.826. The van der Waals surface area contributed by atoms with Crippen molar-refractivity contribution in [2.45, 2.75) is 26.3 Å². The maximum absolute atomic E-state index is 13.2. The van der Waals surface area contributed by atoms with Crippen molar-refractivity contribution in [2.75, 3.05) is 23.0 Å². The maximum Gasteiger partial charge on any atom is 0.123 e. The van der Waals surface area contributed by atoms with Gasteiger partial charge in [0.15, 0.2) is 0 Å². The monoisotopic (exact) mass is 284 g/mol. The summed E-state index contributed by atoms with van der Waals surface area (Å²) in [7, 11) is 0. The smallest absolute Gasteiger partial charge is 0.123 e. The molecule has 3 rings (SSSR count). The van der Waals surface area contributed by atoms with Gasteiger partial charge in [0.25, 0.3) is 0 Å². The first-order valence-corrected chi connectivity index (χ1v) is 7.41. The SMILES string of the molecule is CCN1CN(C(C)(C)c2ccc(F)cc2)c2ccccc21. The van der Waals surface area contributed by atoms with E-state index in [2.05, 4.69) is 54.8 Å². The fourth-order valence-corrected chi connectivity index (χ4v) is 3.04. The van der Waals surface area contributed by atoms with E-state index in [1.165, 1.54) is 23.5 Å². The lowest BCUT2D eigenvalue weighted by molar-refractivity contribution is 0.488. The van der Waals surface area contributed by atoms with Crippen molar-refractivity contribution >= 4 is 11.4 Å². The molecule has 0 aliphatic carbocycles. The third kappa shape index (κ3) is 2.27. The van der Waals surface area contributed by atoms with Gasteiger partial charge >= 0.3 is 0 Å². The van der Waals surface area contributed by atoms with Crippen LogP contribution in [-0.4, -0.2) is 13.2 Å². The summed E-state index contributed by atoms with van der Waals surface area (Å²) >= 11 is 0. The fraction of sp³-hybridized carbons (Fsp3) is 0.333. The standard InChI is InChI=1S/C18H21FN2/c1-4-20-13-21(17-8-6-5-7-16(17)20)18(2,3)14-9-11-15(19)12-10-14/h5-12H,4,13H2,1-3H3. The van der Waals surface area contributed by atoms with Gasteiger partial charge < -0.3 is 9.80 Å². The fourth-order valence-electron chi connectivity index (χ4n) is 3.04. The lowest BCUT2D eigenvalue weighted by atomic mass is 9.92. The first-order valence-electron chi connectivity index (χ1n) is 7.41. The summed E-state index contributed by atoms with van der Waals surface area (Å²) in [6.45, 7) is 8.39. The third-order valence-corrected chi connectivity index (χ3v) is 4.43. The predicted molar refractivity (Wildman–Crippen MR) is 86.2 cm³/mol. The summed E-state index contributed by atoms with van der Waals surface area (Å²) in [4.78, 5) is 4.75. The van der Waals surface area contributed by atoms with E-state index in [1.54, 1.807) is 0 Å². The van der Waals surface area contributed by atoms with Crippen molar-refractivity contribution in [1.29, 1.82) is 0 Å². The minimum absolute atomic E-state index is 0.187. The van der Waals surface area contributed by atoms with Crippen LogP contribution in [0.15, 0.2) is 48.5 Å². The summed E-state index contributed by atoms with van der Waals surface area (Å²) < 4.78 is 13.2. The van der Waals surface area contributed by atoms with Crippen molar-refractivity contribution in [3.8, 4) is 0 Å². The molecule has 110 valence electrons. The number of fused-ring (bicyclic) bond motifs is 1. The van der Waals surface area contributed by atoms with E-state index in [4.69, 9.17) is 0 Å². The molecule has 0 atom stereocenters. The Morgan fingerprint density at radius 1 is 1.00 bits per heavy atom. The molecule has 0 fully saturated rings. The molecular formula is C18H21FN2. The highest BCUT2D eigenvalue weighted by molar-refractivity contribution is 5.77. The number of rotatable bonds is 3. The van der Waals surface area contributed by atoms with Crippen molar-refractivity contribution in [1.82, 2.24) is 0 Å². The van der Waals surface area contributed by atoms with Crippen LogP contribution in [0.3, 0.4) is 0 Å². The van der Waals surface area contributed by atoms with Gasteiger partial charge in [-0.15, -0.1) is 0 Å². The highest BCUT2D eigenvalue weighted by Crippen LogP contribution is 2.42. The van der Waals surface area contributed by atoms with E-state index in [-0.39, 0.29) is 11.4 Å². The van der Waals surface area contributed by atoms with Crippen LogP contribution in [-0.2, 0) is 5.54 Å². The molecule has 2 nitrogen and oxygen atoms in total. The second-order valence-corrected chi connectivity index (χ2v) is 5.98. The minimum atomic E-state index is -0.188. The number of nitrogens with zero attached hydrogens (tertiary/aromatic N) is 2. The van der Waals surface area contributed by atoms with Crippen LogP contribution in [0.1, 0.15) is 26.3 Å². The van der Waals surface area contributed by atoms with E-state index in [0.29, 0.717) is 0 Å². The normalized spacial score (nSPS) is 14.5. The number of halogens is 1. The van der Waals surface area contributed by atoms with Crippen LogP contribution < -0.4 is 9.80 Å². The van der Waals surface area contributed by atoms with Gasteiger partial charge in [-0.25, -0.2) is 4.39 Å². The van der Waals surface area contributed by atoms with E-state index in [0.717, 1.165) is 18.8 Å². The van der Waals surface area contributed by atoms with Crippen LogP contribution in [0.4, 0.5) is 15.8 Å². The predicted octanol–water partition coefficient (Wildman–Crippen LogP) is 4.36. The Morgan fingerprint density at radius 2 is 1.62 bits per heavy atom. The topological polar surface area (TPSA) is 6.48 Å². The molecule has 0 radical (unpaired) electrons. The molecule has 3 heteroatoms. The van der Waals surface area contributed by atoms with Crippen LogP contribution in [0.5, 0.6) is 0 Å². The molecule has 1 aliphatic heterocycles. The zero-order valence-electron chi connectivity index (χ0n) is 12.8. The van der Waals surface area contributed by atoms with E-state index >= 15 is 0 Å². The molecule has 0 spiro atoms. The largest absolute Gasteiger partial charge is 0.352 e. The molecule has 1 heterocycles. The average Bonchev–Trinajstić information content (AvgIpc) is 2.87. The van der Waals surface area contributed by atoms with Gasteiger partial charge in [0.1, 0.15) is 5.82 Å². The summed E-state index contributed by atoms with van der Waals surface area (Å²) in [6, 6.07) is 15.3. The lowest BCUT2D eigenvalue weighted by Crippen LogP contribution is -2.43. The number of hydrogen-bond acceptors (Lipinski definition) is 2. The Balaban J connectivity index is 2.02. The van der Waals surface area contributed by atoms with Gasteiger partial charge in [0.2, 0.25) is 0 Å². The highest BCUT2D eigenvalue weighted by atomic mass is 19.1. The first kappa shape index (κ1) is 13.9. The Morgan fingerprint density at radius 3 is 2.24 bits per heavy atom. The molecule has 2 aromatic carbocycles. The molecule has 0 saturated heterocycles. The van der Waals surface area contributed by atoms with Gasteiger partial charge in [-0.3, -0.25) is 0 Å². The van der Waals surface area contributed by atoms with Crippen LogP contribution in [0.2, 0.25) is 0 Å².